The van der Waals surface area contributed by atoms with Gasteiger partial charge in [-0.2, -0.15) is 0 Å². The Balaban J connectivity index is 0.000000300. The van der Waals surface area contributed by atoms with E-state index in [-0.39, 0.29) is 0 Å². The number of hydrogen-bond donors (Lipinski definition) is 0. The van der Waals surface area contributed by atoms with E-state index in [0.29, 0.717) is 0 Å². The Bertz CT molecular complexity index is 763. The molecule has 166 valence electrons. The lowest BCUT2D eigenvalue weighted by atomic mass is 9.95. The highest BCUT2D eigenvalue weighted by Gasteiger charge is 2.18. The average Bonchev–Trinajstić information content (AvgIpc) is 2.93. The number of hydrogen-bond acceptors (Lipinski definition) is 1. The van der Waals surface area contributed by atoms with Gasteiger partial charge in [-0.3, -0.25) is 0 Å². The molecule has 0 N–H and O–H groups in total. The van der Waals surface area contributed by atoms with Crippen molar-refractivity contribution >= 4 is 23.0 Å². The molecule has 0 fully saturated rings. The molecule has 0 bridgehead atoms. The highest BCUT2D eigenvalue weighted by molar-refractivity contribution is 7.12. The highest BCUT2D eigenvalue weighted by Crippen LogP contribution is 2.38. The number of benzene rings is 1. The van der Waals surface area contributed by atoms with Crippen LogP contribution in [-0.4, -0.2) is 0 Å². The lowest BCUT2D eigenvalue weighted by molar-refractivity contribution is 0.712. The standard InChI is InChI=1S/C16H24S.C11H14.C2H6/c1-4-5-9-12(2)16-13(3)17-15-11-8-6-7-10-14(15)16;1-3-7-11-9-6-5-8-10(11)4-2;1-2/h2,4-11H2,1,3H3;4-6,8-9H,2-3,7H2,1H3;1-2H3. The molecule has 1 aliphatic rings. The summed E-state index contributed by atoms with van der Waals surface area (Å²) in [6.07, 6.45) is 14.8. The normalized spacial score (nSPS) is 12.4. The molecule has 0 radical (unpaired) electrons. The Kier molecular flexibility index (Phi) is 13.4. The summed E-state index contributed by atoms with van der Waals surface area (Å²) >= 11 is 2.03. The molecule has 0 amide bonds. The fourth-order valence-electron chi connectivity index (χ4n) is 4.09. The van der Waals surface area contributed by atoms with Crippen LogP contribution in [0.25, 0.3) is 11.6 Å². The first kappa shape index (κ1) is 26.4. The van der Waals surface area contributed by atoms with E-state index in [1.165, 1.54) is 79.4 Å². The van der Waals surface area contributed by atoms with Crippen molar-refractivity contribution in [3.05, 3.63) is 69.4 Å². The molecule has 30 heavy (non-hydrogen) atoms. The summed E-state index contributed by atoms with van der Waals surface area (Å²) in [6.45, 7) is 18.9. The van der Waals surface area contributed by atoms with E-state index in [4.69, 9.17) is 0 Å². The van der Waals surface area contributed by atoms with E-state index in [0.717, 1.165) is 6.42 Å². The summed E-state index contributed by atoms with van der Waals surface area (Å²) in [4.78, 5) is 3.17. The van der Waals surface area contributed by atoms with Gasteiger partial charge in [0.15, 0.2) is 0 Å². The van der Waals surface area contributed by atoms with Gasteiger partial charge in [-0.25, -0.2) is 0 Å². The maximum absolute atomic E-state index is 4.34. The van der Waals surface area contributed by atoms with Crippen molar-refractivity contribution < 1.29 is 0 Å². The van der Waals surface area contributed by atoms with Crippen LogP contribution in [0.5, 0.6) is 0 Å². The van der Waals surface area contributed by atoms with Crippen molar-refractivity contribution in [1.82, 2.24) is 0 Å². The molecule has 2 aromatic rings. The molecule has 0 saturated carbocycles. The van der Waals surface area contributed by atoms with Crippen molar-refractivity contribution in [1.29, 1.82) is 0 Å². The molecule has 1 heterocycles. The zero-order valence-corrected chi connectivity index (χ0v) is 21.1. The van der Waals surface area contributed by atoms with E-state index in [1.807, 2.05) is 31.3 Å². The first-order valence-electron chi connectivity index (χ1n) is 12.1. The Morgan fingerprint density at radius 3 is 2.40 bits per heavy atom. The van der Waals surface area contributed by atoms with Crippen molar-refractivity contribution in [2.45, 2.75) is 98.8 Å². The van der Waals surface area contributed by atoms with Gasteiger partial charge in [0.25, 0.3) is 0 Å². The summed E-state index contributed by atoms with van der Waals surface area (Å²) in [5.74, 6) is 0. The molecule has 0 atom stereocenters. The van der Waals surface area contributed by atoms with Gasteiger partial charge < -0.3 is 0 Å². The third-order valence-electron chi connectivity index (χ3n) is 5.58. The van der Waals surface area contributed by atoms with Crippen molar-refractivity contribution in [3.8, 4) is 0 Å². The van der Waals surface area contributed by atoms with E-state index in [1.54, 1.807) is 16.0 Å². The number of rotatable bonds is 7. The molecule has 0 unspecified atom stereocenters. The number of fused-ring (bicyclic) bond motifs is 1. The Hall–Kier alpha value is -1.60. The lowest BCUT2D eigenvalue weighted by Crippen LogP contribution is -1.92. The van der Waals surface area contributed by atoms with E-state index in [9.17, 15) is 0 Å². The predicted molar refractivity (Wildman–Crippen MR) is 141 cm³/mol. The van der Waals surface area contributed by atoms with Crippen LogP contribution in [0, 0.1) is 6.92 Å². The van der Waals surface area contributed by atoms with Crippen molar-refractivity contribution in [3.63, 3.8) is 0 Å². The molecule has 1 heteroatoms. The molecule has 1 aromatic heterocycles. The van der Waals surface area contributed by atoms with Crippen LogP contribution in [0.3, 0.4) is 0 Å². The Morgan fingerprint density at radius 2 is 1.73 bits per heavy atom. The van der Waals surface area contributed by atoms with Crippen LogP contribution in [0.1, 0.15) is 105 Å². The molecule has 0 aliphatic heterocycles. The van der Waals surface area contributed by atoms with E-state index in [2.05, 4.69) is 58.2 Å². The summed E-state index contributed by atoms with van der Waals surface area (Å²) < 4.78 is 0. The van der Waals surface area contributed by atoms with Crippen LogP contribution >= 0.6 is 11.3 Å². The monoisotopic (exact) mass is 424 g/mol. The molecule has 0 saturated heterocycles. The fourth-order valence-corrected chi connectivity index (χ4v) is 5.40. The molecule has 1 aliphatic carbocycles. The van der Waals surface area contributed by atoms with Gasteiger partial charge in [0.1, 0.15) is 0 Å². The van der Waals surface area contributed by atoms with Crippen LogP contribution in [0.2, 0.25) is 0 Å². The molecule has 3 rings (SSSR count). The zero-order chi connectivity index (χ0) is 22.4. The van der Waals surface area contributed by atoms with Crippen LogP contribution in [-0.2, 0) is 19.3 Å². The second kappa shape index (κ2) is 15.2. The van der Waals surface area contributed by atoms with Gasteiger partial charge in [0, 0.05) is 9.75 Å². The van der Waals surface area contributed by atoms with Gasteiger partial charge in [-0.15, -0.1) is 11.3 Å². The maximum Gasteiger partial charge on any atom is 0.00949 e. The van der Waals surface area contributed by atoms with Crippen LogP contribution in [0.4, 0.5) is 0 Å². The predicted octanol–water partition coefficient (Wildman–Crippen LogP) is 9.84. The SMILES string of the molecule is C=C(CCCC)c1c(C)sc2c1CCCCC2.C=Cc1ccccc1CCC.CC. The first-order valence-corrected chi connectivity index (χ1v) is 12.9. The third-order valence-corrected chi connectivity index (χ3v) is 6.78. The Morgan fingerprint density at radius 1 is 1.03 bits per heavy atom. The maximum atomic E-state index is 4.34. The minimum atomic E-state index is 1.15. The summed E-state index contributed by atoms with van der Waals surface area (Å²) in [6, 6.07) is 8.41. The molecular weight excluding hydrogens is 380 g/mol. The van der Waals surface area contributed by atoms with Gasteiger partial charge >= 0.3 is 0 Å². The molecule has 0 spiro atoms. The third kappa shape index (κ3) is 7.91. The largest absolute Gasteiger partial charge is 0.145 e. The van der Waals surface area contributed by atoms with Gasteiger partial charge in [0.05, 0.1) is 0 Å². The van der Waals surface area contributed by atoms with Gasteiger partial charge in [-0.1, -0.05) is 90.5 Å². The molecular formula is C29H44S. The second-order valence-electron chi connectivity index (χ2n) is 7.86. The minimum Gasteiger partial charge on any atom is -0.145 e. The summed E-state index contributed by atoms with van der Waals surface area (Å²) in [7, 11) is 0. The fraction of sp³-hybridized carbons (Fsp3) is 0.517. The first-order chi connectivity index (χ1) is 14.6. The number of unbranched alkanes of at least 4 members (excludes halogenated alkanes) is 1. The van der Waals surface area contributed by atoms with E-state index < -0.39 is 0 Å². The average molecular weight is 425 g/mol. The quantitative estimate of drug-likeness (QED) is 0.388. The zero-order valence-electron chi connectivity index (χ0n) is 20.3. The second-order valence-corrected chi connectivity index (χ2v) is 9.16. The van der Waals surface area contributed by atoms with Crippen LogP contribution in [0.15, 0.2) is 37.4 Å². The smallest absolute Gasteiger partial charge is 0.00949 e. The minimum absolute atomic E-state index is 1.15. The topological polar surface area (TPSA) is 0 Å². The van der Waals surface area contributed by atoms with E-state index >= 15 is 0 Å². The molecule has 1 aromatic carbocycles. The van der Waals surface area contributed by atoms with Crippen LogP contribution < -0.4 is 0 Å². The summed E-state index contributed by atoms with van der Waals surface area (Å²) in [5, 5.41) is 0. The lowest BCUT2D eigenvalue weighted by Gasteiger charge is -2.09. The van der Waals surface area contributed by atoms with Crippen molar-refractivity contribution in [2.75, 3.05) is 0 Å². The Labute approximate surface area is 191 Å². The van der Waals surface area contributed by atoms with Gasteiger partial charge in [-0.05, 0) is 79.7 Å². The summed E-state index contributed by atoms with van der Waals surface area (Å²) in [5.41, 5.74) is 7.27. The molecule has 0 nitrogen and oxygen atoms in total. The highest BCUT2D eigenvalue weighted by atomic mass is 32.1. The number of aryl methyl sites for hydroxylation is 3. The number of allylic oxidation sites excluding steroid dienone is 1. The van der Waals surface area contributed by atoms with Gasteiger partial charge in [0.2, 0.25) is 0 Å². The van der Waals surface area contributed by atoms with Crippen molar-refractivity contribution in [2.24, 2.45) is 0 Å². The number of thiophene rings is 1.